The maximum atomic E-state index is 11.9. The molecule has 4 atom stereocenters. The lowest BCUT2D eigenvalue weighted by molar-refractivity contribution is -0.166. The molecule has 2 rings (SSSR count). The molecule has 0 radical (unpaired) electrons. The molecule has 27 heavy (non-hydrogen) atoms. The number of esters is 2. The van der Waals surface area contributed by atoms with Crippen LogP contribution >= 0.6 is 0 Å². The predicted molar refractivity (Wildman–Crippen MR) is 83.4 cm³/mol. The van der Waals surface area contributed by atoms with E-state index in [9.17, 15) is 33.9 Å². The van der Waals surface area contributed by atoms with Crippen LogP contribution in [0.1, 0.15) is 20.1 Å². The van der Waals surface area contributed by atoms with E-state index in [-0.39, 0.29) is 0 Å². The molecule has 12 heteroatoms. The molecule has 0 bridgehead atoms. The van der Waals surface area contributed by atoms with Crippen LogP contribution in [0.4, 0.5) is 0 Å². The van der Waals surface area contributed by atoms with Crippen molar-refractivity contribution in [2.45, 2.75) is 38.4 Å². The minimum absolute atomic E-state index is 0.597. The van der Waals surface area contributed by atoms with Gasteiger partial charge >= 0.3 is 17.6 Å². The highest BCUT2D eigenvalue weighted by molar-refractivity contribution is 6.32. The average Bonchev–Trinajstić information content (AvgIpc) is 2.88. The molecule has 0 saturated carbocycles. The predicted octanol–water partition coefficient (Wildman–Crippen LogP) is -2.57. The van der Waals surface area contributed by atoms with E-state index in [0.29, 0.717) is 0 Å². The summed E-state index contributed by atoms with van der Waals surface area (Å²) in [5.74, 6) is -4.31. The van der Waals surface area contributed by atoms with E-state index >= 15 is 0 Å². The molecule has 1 aromatic heterocycles. The van der Waals surface area contributed by atoms with Gasteiger partial charge in [0.2, 0.25) is 11.6 Å². The van der Waals surface area contributed by atoms with Crippen LogP contribution in [0, 0.1) is 0 Å². The van der Waals surface area contributed by atoms with Crippen LogP contribution in [0.15, 0.2) is 21.9 Å². The Balaban J connectivity index is 2.28. The quantitative estimate of drug-likeness (QED) is 0.392. The fraction of sp³-hybridized carbons (Fsp3) is 0.467. The number of hydrogen-bond acceptors (Lipinski definition) is 10. The lowest BCUT2D eigenvalue weighted by atomic mass is 10.1. The number of rotatable bonds is 6. The molecule has 0 spiro atoms. The number of aromatic nitrogens is 2. The Morgan fingerprint density at radius 2 is 1.81 bits per heavy atom. The molecule has 146 valence electrons. The van der Waals surface area contributed by atoms with E-state index in [1.54, 1.807) is 0 Å². The first-order chi connectivity index (χ1) is 12.6. The van der Waals surface area contributed by atoms with Gasteiger partial charge in [-0.3, -0.25) is 23.9 Å². The minimum atomic E-state index is -1.64. The number of nitrogens with zero attached hydrogens (tertiary/aromatic N) is 1. The Labute approximate surface area is 150 Å². The molecule has 2 heterocycles. The van der Waals surface area contributed by atoms with Gasteiger partial charge in [-0.05, 0) is 0 Å². The smallest absolute Gasteiger partial charge is 0.374 e. The van der Waals surface area contributed by atoms with Gasteiger partial charge in [0.1, 0.15) is 18.8 Å². The van der Waals surface area contributed by atoms with Crippen molar-refractivity contribution in [2.75, 3.05) is 6.61 Å². The first-order valence-electron chi connectivity index (χ1n) is 7.66. The summed E-state index contributed by atoms with van der Waals surface area (Å²) in [5.41, 5.74) is -1.60. The largest absolute Gasteiger partial charge is 0.457 e. The summed E-state index contributed by atoms with van der Waals surface area (Å²) in [7, 11) is 0. The van der Waals surface area contributed by atoms with Crippen LogP contribution in [-0.2, 0) is 33.4 Å². The summed E-state index contributed by atoms with van der Waals surface area (Å²) >= 11 is 0. The maximum Gasteiger partial charge on any atom is 0.374 e. The summed E-state index contributed by atoms with van der Waals surface area (Å²) in [6, 6.07) is 0.997. The second kappa shape index (κ2) is 8.05. The fourth-order valence-electron chi connectivity index (χ4n) is 2.32. The lowest BCUT2D eigenvalue weighted by Crippen LogP contribution is -2.41. The van der Waals surface area contributed by atoms with Gasteiger partial charge in [-0.25, -0.2) is 14.4 Å². The van der Waals surface area contributed by atoms with Crippen LogP contribution in [0.25, 0.3) is 0 Å². The zero-order valence-electron chi connectivity index (χ0n) is 14.2. The number of Topliss-reactive ketones (excluding diaryl/α,β-unsaturated/α-hetero) is 2. The van der Waals surface area contributed by atoms with Crippen molar-refractivity contribution >= 4 is 23.5 Å². The Morgan fingerprint density at radius 3 is 2.37 bits per heavy atom. The highest BCUT2D eigenvalue weighted by Crippen LogP contribution is 2.30. The van der Waals surface area contributed by atoms with E-state index < -0.39 is 65.9 Å². The van der Waals surface area contributed by atoms with Crippen molar-refractivity contribution in [3.63, 3.8) is 0 Å². The number of aromatic amines is 1. The van der Waals surface area contributed by atoms with Gasteiger partial charge in [0.25, 0.3) is 5.56 Å². The van der Waals surface area contributed by atoms with E-state index in [1.807, 2.05) is 4.98 Å². The Morgan fingerprint density at radius 1 is 1.19 bits per heavy atom. The maximum absolute atomic E-state index is 11.9. The normalized spacial score (nSPS) is 24.3. The molecule has 1 aliphatic rings. The molecule has 1 aliphatic heterocycles. The highest BCUT2D eigenvalue weighted by Gasteiger charge is 2.48. The zero-order valence-corrected chi connectivity index (χ0v) is 14.2. The summed E-state index contributed by atoms with van der Waals surface area (Å²) in [6.07, 6.45) is -4.78. The number of H-pyrrole nitrogens is 1. The Kier molecular flexibility index (Phi) is 6.02. The zero-order chi connectivity index (χ0) is 20.3. The lowest BCUT2D eigenvalue weighted by Gasteiger charge is -2.19. The van der Waals surface area contributed by atoms with E-state index in [2.05, 4.69) is 0 Å². The molecule has 0 aromatic carbocycles. The van der Waals surface area contributed by atoms with Crippen molar-refractivity contribution in [3.8, 4) is 0 Å². The van der Waals surface area contributed by atoms with Crippen molar-refractivity contribution in [1.29, 1.82) is 0 Å². The number of ether oxygens (including phenoxy) is 3. The third-order valence-corrected chi connectivity index (χ3v) is 3.63. The number of aliphatic hydroxyl groups excluding tert-OH is 1. The van der Waals surface area contributed by atoms with Crippen LogP contribution in [0.3, 0.4) is 0 Å². The SMILES string of the molecule is CC(=O)C(=O)OC[C@H]1O[C@@H](n2ccc(=O)[nH]c2=O)[C@H](O)[C@@H]1OC(=O)C(C)=O. The average molecular weight is 384 g/mol. The standard InChI is InChI=1S/C15H16N2O10/c1-6(18)13(22)25-5-8-11(27-14(23)7(2)19)10(21)12(26-8)17-4-3-9(20)16-15(17)24/h3-4,8,10-12,21H,5H2,1-2H3,(H,16,20,24)/t8-,10-,11-,12-/m1/s1. The first kappa shape index (κ1) is 20.2. The second-order valence-corrected chi connectivity index (χ2v) is 5.65. The Hall–Kier alpha value is -3.12. The molecule has 1 fully saturated rings. The Bertz CT molecular complexity index is 885. The number of nitrogens with one attached hydrogen (secondary N) is 1. The van der Waals surface area contributed by atoms with Crippen LogP contribution in [-0.4, -0.2) is 63.1 Å². The second-order valence-electron chi connectivity index (χ2n) is 5.65. The number of aliphatic hydroxyl groups is 1. The summed E-state index contributed by atoms with van der Waals surface area (Å²) in [4.78, 5) is 70.0. The van der Waals surface area contributed by atoms with Gasteiger partial charge in [0.15, 0.2) is 12.3 Å². The molecule has 2 N–H and O–H groups in total. The van der Waals surface area contributed by atoms with E-state index in [4.69, 9.17) is 14.2 Å². The van der Waals surface area contributed by atoms with Gasteiger partial charge in [0.05, 0.1) is 0 Å². The molecule has 1 aromatic rings. The number of hydrogen-bond donors (Lipinski definition) is 2. The van der Waals surface area contributed by atoms with Crippen molar-refractivity contribution in [2.24, 2.45) is 0 Å². The molecular weight excluding hydrogens is 368 g/mol. The van der Waals surface area contributed by atoms with E-state index in [0.717, 1.165) is 30.7 Å². The van der Waals surface area contributed by atoms with Crippen LogP contribution in [0.2, 0.25) is 0 Å². The number of ketones is 2. The molecule has 0 aliphatic carbocycles. The van der Waals surface area contributed by atoms with E-state index in [1.165, 1.54) is 0 Å². The van der Waals surface area contributed by atoms with Gasteiger partial charge < -0.3 is 19.3 Å². The fourth-order valence-corrected chi connectivity index (χ4v) is 2.32. The third kappa shape index (κ3) is 4.54. The van der Waals surface area contributed by atoms with Gasteiger partial charge in [-0.2, -0.15) is 0 Å². The summed E-state index contributed by atoms with van der Waals surface area (Å²) < 4.78 is 15.8. The van der Waals surface area contributed by atoms with Crippen molar-refractivity contribution in [1.82, 2.24) is 9.55 Å². The molecule has 0 amide bonds. The van der Waals surface area contributed by atoms with Crippen molar-refractivity contribution in [3.05, 3.63) is 33.1 Å². The van der Waals surface area contributed by atoms with Gasteiger partial charge in [0, 0.05) is 26.1 Å². The molecule has 0 unspecified atom stereocenters. The monoisotopic (exact) mass is 384 g/mol. The minimum Gasteiger partial charge on any atom is -0.457 e. The van der Waals surface area contributed by atoms with Crippen LogP contribution < -0.4 is 11.2 Å². The number of carbonyl (C=O) groups is 4. The molecular formula is C15H16N2O10. The molecule has 12 nitrogen and oxygen atoms in total. The third-order valence-electron chi connectivity index (χ3n) is 3.63. The van der Waals surface area contributed by atoms with Crippen LogP contribution in [0.5, 0.6) is 0 Å². The molecule has 1 saturated heterocycles. The van der Waals surface area contributed by atoms with Gasteiger partial charge in [-0.15, -0.1) is 0 Å². The first-order valence-corrected chi connectivity index (χ1v) is 7.66. The van der Waals surface area contributed by atoms with Gasteiger partial charge in [-0.1, -0.05) is 0 Å². The van der Waals surface area contributed by atoms with Crippen molar-refractivity contribution < 1.29 is 38.5 Å². The highest BCUT2D eigenvalue weighted by atomic mass is 16.6. The summed E-state index contributed by atoms with van der Waals surface area (Å²) in [5, 5.41) is 10.4. The topological polar surface area (TPSA) is 171 Å². The number of carbonyl (C=O) groups excluding carboxylic acids is 4. The summed E-state index contributed by atoms with van der Waals surface area (Å²) in [6.45, 7) is 1.32.